The molecule has 2 rings (SSSR count). The second kappa shape index (κ2) is 9.71. The Morgan fingerprint density at radius 2 is 1.88 bits per heavy atom. The van der Waals surface area contributed by atoms with Gasteiger partial charge in [0.2, 0.25) is 11.8 Å². The van der Waals surface area contributed by atoms with Gasteiger partial charge in [-0.1, -0.05) is 12.1 Å². The van der Waals surface area contributed by atoms with Gasteiger partial charge in [-0.2, -0.15) is 0 Å². The number of benzene rings is 1. The van der Waals surface area contributed by atoms with E-state index in [9.17, 15) is 19.7 Å². The average molecular weight is 363 g/mol. The zero-order chi connectivity index (χ0) is 18.9. The van der Waals surface area contributed by atoms with Gasteiger partial charge < -0.3 is 15.5 Å². The molecule has 142 valence electrons. The SMILES string of the molecule is CCNC(=O)CN1CCN(C(=O)CCNc2ccccc2[N+](=O)[O-])CC1. The molecule has 0 aliphatic carbocycles. The number of nitro groups is 1. The third-order valence-electron chi connectivity index (χ3n) is 4.22. The molecule has 0 spiro atoms. The largest absolute Gasteiger partial charge is 0.379 e. The Morgan fingerprint density at radius 1 is 1.19 bits per heavy atom. The van der Waals surface area contributed by atoms with Crippen LogP contribution in [0.2, 0.25) is 0 Å². The Labute approximate surface area is 152 Å². The van der Waals surface area contributed by atoms with Gasteiger partial charge in [0.25, 0.3) is 5.69 Å². The predicted octanol–water partition coefficient (Wildman–Crippen LogP) is 0.677. The number of amides is 2. The van der Waals surface area contributed by atoms with E-state index >= 15 is 0 Å². The summed E-state index contributed by atoms with van der Waals surface area (Å²) in [4.78, 5) is 38.2. The first-order chi connectivity index (χ1) is 12.5. The molecule has 9 nitrogen and oxygen atoms in total. The Bertz CT molecular complexity index is 644. The lowest BCUT2D eigenvalue weighted by Crippen LogP contribution is -2.51. The fraction of sp³-hybridized carbons (Fsp3) is 0.529. The number of hydrogen-bond donors (Lipinski definition) is 2. The van der Waals surface area contributed by atoms with E-state index < -0.39 is 4.92 Å². The number of carbonyl (C=O) groups excluding carboxylic acids is 2. The van der Waals surface area contributed by atoms with E-state index in [-0.39, 0.29) is 23.9 Å². The minimum Gasteiger partial charge on any atom is -0.379 e. The molecule has 1 aromatic carbocycles. The van der Waals surface area contributed by atoms with Crippen molar-refractivity contribution in [1.29, 1.82) is 0 Å². The van der Waals surface area contributed by atoms with Crippen LogP contribution in [0, 0.1) is 10.1 Å². The van der Waals surface area contributed by atoms with Crippen LogP contribution in [-0.4, -0.2) is 72.4 Å². The topological polar surface area (TPSA) is 108 Å². The van der Waals surface area contributed by atoms with Gasteiger partial charge in [-0.25, -0.2) is 0 Å². The van der Waals surface area contributed by atoms with E-state index in [4.69, 9.17) is 0 Å². The molecular formula is C17H25N5O4. The maximum atomic E-state index is 12.3. The van der Waals surface area contributed by atoms with Crippen molar-refractivity contribution in [2.75, 3.05) is 51.1 Å². The minimum atomic E-state index is -0.446. The van der Waals surface area contributed by atoms with Crippen LogP contribution < -0.4 is 10.6 Å². The van der Waals surface area contributed by atoms with Crippen molar-refractivity contribution in [3.8, 4) is 0 Å². The fourth-order valence-corrected chi connectivity index (χ4v) is 2.86. The van der Waals surface area contributed by atoms with Crippen LogP contribution in [0.15, 0.2) is 24.3 Å². The monoisotopic (exact) mass is 363 g/mol. The molecule has 0 radical (unpaired) electrons. The number of para-hydroxylation sites is 2. The molecule has 9 heteroatoms. The summed E-state index contributed by atoms with van der Waals surface area (Å²) >= 11 is 0. The summed E-state index contributed by atoms with van der Waals surface area (Å²) in [7, 11) is 0. The van der Waals surface area contributed by atoms with Gasteiger partial charge in [0.05, 0.1) is 11.5 Å². The number of carbonyl (C=O) groups is 2. The van der Waals surface area contributed by atoms with Crippen molar-refractivity contribution >= 4 is 23.2 Å². The average Bonchev–Trinajstić information content (AvgIpc) is 2.62. The van der Waals surface area contributed by atoms with Crippen molar-refractivity contribution in [2.45, 2.75) is 13.3 Å². The van der Waals surface area contributed by atoms with E-state index in [2.05, 4.69) is 10.6 Å². The maximum Gasteiger partial charge on any atom is 0.292 e. The van der Waals surface area contributed by atoms with E-state index in [1.807, 2.05) is 11.8 Å². The van der Waals surface area contributed by atoms with Gasteiger partial charge in [0.1, 0.15) is 5.69 Å². The zero-order valence-corrected chi connectivity index (χ0v) is 14.9. The Morgan fingerprint density at radius 3 is 2.54 bits per heavy atom. The number of anilines is 1. The van der Waals surface area contributed by atoms with E-state index in [1.54, 1.807) is 23.1 Å². The van der Waals surface area contributed by atoms with E-state index in [1.165, 1.54) is 6.07 Å². The Kier molecular flexibility index (Phi) is 7.34. The van der Waals surface area contributed by atoms with Crippen LogP contribution >= 0.6 is 0 Å². The normalized spacial score (nSPS) is 14.7. The molecule has 0 bridgehead atoms. The highest BCUT2D eigenvalue weighted by molar-refractivity contribution is 5.78. The van der Waals surface area contributed by atoms with Gasteiger partial charge in [-0.15, -0.1) is 0 Å². The second-order valence-corrected chi connectivity index (χ2v) is 6.06. The van der Waals surface area contributed by atoms with Crippen molar-refractivity contribution in [1.82, 2.24) is 15.1 Å². The summed E-state index contributed by atoms with van der Waals surface area (Å²) in [5.74, 6) is 0.00896. The molecule has 0 saturated carbocycles. The molecule has 0 aromatic heterocycles. The van der Waals surface area contributed by atoms with Gasteiger partial charge in [-0.05, 0) is 13.0 Å². The van der Waals surface area contributed by atoms with Crippen molar-refractivity contribution in [2.24, 2.45) is 0 Å². The lowest BCUT2D eigenvalue weighted by Gasteiger charge is -2.34. The van der Waals surface area contributed by atoms with Crippen LogP contribution in [-0.2, 0) is 9.59 Å². The minimum absolute atomic E-state index is 0.000863. The number of nitro benzene ring substituents is 1. The number of likely N-dealkylation sites (N-methyl/N-ethyl adjacent to an activating group) is 1. The summed E-state index contributed by atoms with van der Waals surface area (Å²) in [5, 5.41) is 16.7. The zero-order valence-electron chi connectivity index (χ0n) is 14.9. The number of nitrogens with zero attached hydrogens (tertiary/aromatic N) is 3. The summed E-state index contributed by atoms with van der Waals surface area (Å²) in [6.07, 6.45) is 0.266. The van der Waals surface area contributed by atoms with Gasteiger partial charge in [0.15, 0.2) is 0 Å². The third kappa shape index (κ3) is 5.69. The molecule has 0 unspecified atom stereocenters. The van der Waals surface area contributed by atoms with Crippen molar-refractivity contribution in [3.05, 3.63) is 34.4 Å². The number of nitrogens with one attached hydrogen (secondary N) is 2. The highest BCUT2D eigenvalue weighted by Crippen LogP contribution is 2.22. The van der Waals surface area contributed by atoms with Crippen LogP contribution in [0.1, 0.15) is 13.3 Å². The fourth-order valence-electron chi connectivity index (χ4n) is 2.86. The second-order valence-electron chi connectivity index (χ2n) is 6.06. The molecule has 1 saturated heterocycles. The van der Waals surface area contributed by atoms with E-state index in [0.29, 0.717) is 51.5 Å². The number of rotatable bonds is 8. The molecule has 1 fully saturated rings. The first-order valence-corrected chi connectivity index (χ1v) is 8.75. The summed E-state index contributed by atoms with van der Waals surface area (Å²) in [6, 6.07) is 6.38. The van der Waals surface area contributed by atoms with Crippen molar-refractivity contribution in [3.63, 3.8) is 0 Å². The van der Waals surface area contributed by atoms with Crippen LogP contribution in [0.5, 0.6) is 0 Å². The Hall–Kier alpha value is -2.68. The molecule has 1 heterocycles. The van der Waals surface area contributed by atoms with Crippen LogP contribution in [0.25, 0.3) is 0 Å². The van der Waals surface area contributed by atoms with Crippen molar-refractivity contribution < 1.29 is 14.5 Å². The molecular weight excluding hydrogens is 338 g/mol. The maximum absolute atomic E-state index is 12.3. The highest BCUT2D eigenvalue weighted by atomic mass is 16.6. The van der Waals surface area contributed by atoms with Gasteiger partial charge in [0, 0.05) is 51.8 Å². The standard InChI is InChI=1S/C17H25N5O4/c1-2-18-16(23)13-20-9-11-21(12-10-20)17(24)7-8-19-14-5-3-4-6-15(14)22(25)26/h3-6,19H,2,7-13H2,1H3,(H,18,23). The molecule has 1 aliphatic heterocycles. The summed E-state index contributed by atoms with van der Waals surface area (Å²) < 4.78 is 0. The lowest BCUT2D eigenvalue weighted by molar-refractivity contribution is -0.384. The number of piperazine rings is 1. The quantitative estimate of drug-likeness (QED) is 0.519. The first-order valence-electron chi connectivity index (χ1n) is 8.75. The van der Waals surface area contributed by atoms with Crippen LogP contribution in [0.4, 0.5) is 11.4 Å². The molecule has 0 atom stereocenters. The smallest absolute Gasteiger partial charge is 0.292 e. The molecule has 2 amide bonds. The van der Waals surface area contributed by atoms with Gasteiger partial charge in [-0.3, -0.25) is 24.6 Å². The molecule has 2 N–H and O–H groups in total. The predicted molar refractivity (Wildman–Crippen MR) is 97.9 cm³/mol. The number of hydrogen-bond acceptors (Lipinski definition) is 6. The van der Waals surface area contributed by atoms with E-state index in [0.717, 1.165) is 0 Å². The Balaban J connectivity index is 1.73. The lowest BCUT2D eigenvalue weighted by atomic mass is 10.2. The first kappa shape index (κ1) is 19.6. The van der Waals surface area contributed by atoms with Gasteiger partial charge >= 0.3 is 0 Å². The van der Waals surface area contributed by atoms with Crippen LogP contribution in [0.3, 0.4) is 0 Å². The molecule has 1 aromatic rings. The molecule has 26 heavy (non-hydrogen) atoms. The third-order valence-corrected chi connectivity index (χ3v) is 4.22. The summed E-state index contributed by atoms with van der Waals surface area (Å²) in [6.45, 7) is 5.70. The highest BCUT2D eigenvalue weighted by Gasteiger charge is 2.22. The molecule has 1 aliphatic rings. The summed E-state index contributed by atoms with van der Waals surface area (Å²) in [5.41, 5.74) is 0.413.